The molecule has 0 atom stereocenters. The van der Waals surface area contributed by atoms with Crippen molar-refractivity contribution in [2.24, 2.45) is 0 Å². The molecule has 0 saturated heterocycles. The molecule has 0 spiro atoms. The molecule has 9 heteroatoms. The van der Waals surface area contributed by atoms with Crippen LogP contribution in [-0.4, -0.2) is 31.1 Å². The fraction of sp³-hybridized carbons (Fsp3) is 0.219. The van der Waals surface area contributed by atoms with Crippen molar-refractivity contribution in [3.05, 3.63) is 107 Å². The SMILES string of the molecule is COc1c(COc2ccc(CNCCNC(C)=O)c(OCc3cncc(C#N)c3)c2)cccc1-c1ccccc1F. The molecule has 1 heterocycles. The predicted octanol–water partition coefficient (Wildman–Crippen LogP) is 5.15. The molecule has 0 radical (unpaired) electrons. The Labute approximate surface area is 238 Å². The molecule has 41 heavy (non-hydrogen) atoms. The van der Waals surface area contributed by atoms with Gasteiger partial charge in [-0.2, -0.15) is 5.26 Å². The molecule has 3 aromatic carbocycles. The second-order valence-corrected chi connectivity index (χ2v) is 9.18. The lowest BCUT2D eigenvalue weighted by molar-refractivity contribution is -0.118. The summed E-state index contributed by atoms with van der Waals surface area (Å²) in [5.74, 6) is 1.30. The number of halogens is 1. The van der Waals surface area contributed by atoms with E-state index in [0.717, 1.165) is 16.7 Å². The minimum atomic E-state index is -0.331. The fourth-order valence-corrected chi connectivity index (χ4v) is 4.24. The summed E-state index contributed by atoms with van der Waals surface area (Å²) in [4.78, 5) is 15.2. The summed E-state index contributed by atoms with van der Waals surface area (Å²) >= 11 is 0. The van der Waals surface area contributed by atoms with Crippen LogP contribution < -0.4 is 24.8 Å². The summed E-state index contributed by atoms with van der Waals surface area (Å²) < 4.78 is 32.5. The third kappa shape index (κ3) is 8.03. The van der Waals surface area contributed by atoms with Crippen molar-refractivity contribution in [2.45, 2.75) is 26.7 Å². The van der Waals surface area contributed by atoms with Gasteiger partial charge in [-0.3, -0.25) is 9.78 Å². The van der Waals surface area contributed by atoms with Crippen molar-refractivity contribution in [3.8, 4) is 34.4 Å². The molecule has 1 amide bonds. The molecule has 8 nitrogen and oxygen atoms in total. The second-order valence-electron chi connectivity index (χ2n) is 9.18. The number of methoxy groups -OCH3 is 1. The number of aromatic nitrogens is 1. The van der Waals surface area contributed by atoms with Crippen molar-refractivity contribution < 1.29 is 23.4 Å². The van der Waals surface area contributed by atoms with Gasteiger partial charge in [0.25, 0.3) is 0 Å². The molecule has 0 aliphatic heterocycles. The first-order valence-corrected chi connectivity index (χ1v) is 13.1. The van der Waals surface area contributed by atoms with E-state index in [1.165, 1.54) is 19.2 Å². The molecule has 0 fully saturated rings. The van der Waals surface area contributed by atoms with E-state index in [4.69, 9.17) is 14.2 Å². The maximum absolute atomic E-state index is 14.5. The molecule has 4 rings (SSSR count). The molecular formula is C32H31FN4O4. The Morgan fingerprint density at radius 1 is 0.951 bits per heavy atom. The first kappa shape index (κ1) is 29.1. The second kappa shape index (κ2) is 14.4. The maximum atomic E-state index is 14.5. The number of carbonyl (C=O) groups excluding carboxylic acids is 1. The lowest BCUT2D eigenvalue weighted by Crippen LogP contribution is -2.30. The summed E-state index contributed by atoms with van der Waals surface area (Å²) in [5, 5.41) is 15.2. The summed E-state index contributed by atoms with van der Waals surface area (Å²) in [6.45, 7) is 3.48. The van der Waals surface area contributed by atoms with E-state index in [1.54, 1.807) is 43.6 Å². The Morgan fingerprint density at radius 2 is 1.78 bits per heavy atom. The molecule has 1 aromatic heterocycles. The molecular weight excluding hydrogens is 523 g/mol. The van der Waals surface area contributed by atoms with E-state index in [1.807, 2.05) is 30.3 Å². The number of carbonyl (C=O) groups is 1. The number of nitriles is 1. The Kier molecular flexibility index (Phi) is 10.2. The number of para-hydroxylation sites is 1. The maximum Gasteiger partial charge on any atom is 0.216 e. The van der Waals surface area contributed by atoms with Crippen LogP contribution in [0.4, 0.5) is 4.39 Å². The first-order valence-electron chi connectivity index (χ1n) is 13.1. The van der Waals surface area contributed by atoms with Crippen LogP contribution in [0, 0.1) is 17.1 Å². The zero-order valence-corrected chi connectivity index (χ0v) is 22.9. The van der Waals surface area contributed by atoms with Crippen molar-refractivity contribution in [1.82, 2.24) is 15.6 Å². The Morgan fingerprint density at radius 3 is 2.56 bits per heavy atom. The highest BCUT2D eigenvalue weighted by Crippen LogP contribution is 2.35. The van der Waals surface area contributed by atoms with E-state index in [0.29, 0.717) is 53.6 Å². The number of hydrogen-bond donors (Lipinski definition) is 2. The number of ether oxygens (including phenoxy) is 3. The number of hydrogen-bond acceptors (Lipinski definition) is 7. The molecule has 0 bridgehead atoms. The van der Waals surface area contributed by atoms with E-state index in [2.05, 4.69) is 21.7 Å². The van der Waals surface area contributed by atoms with Crippen LogP contribution in [0.3, 0.4) is 0 Å². The third-order valence-corrected chi connectivity index (χ3v) is 6.21. The van der Waals surface area contributed by atoms with Crippen molar-refractivity contribution >= 4 is 5.91 Å². The zero-order chi connectivity index (χ0) is 29.0. The third-order valence-electron chi connectivity index (χ3n) is 6.21. The van der Waals surface area contributed by atoms with Gasteiger partial charge in [-0.25, -0.2) is 4.39 Å². The minimum Gasteiger partial charge on any atom is -0.496 e. The van der Waals surface area contributed by atoms with E-state index in [-0.39, 0.29) is 24.9 Å². The van der Waals surface area contributed by atoms with Gasteiger partial charge in [-0.1, -0.05) is 42.5 Å². The van der Waals surface area contributed by atoms with Gasteiger partial charge in [0.2, 0.25) is 5.91 Å². The van der Waals surface area contributed by atoms with Crippen LogP contribution in [-0.2, 0) is 24.6 Å². The predicted molar refractivity (Wildman–Crippen MR) is 153 cm³/mol. The van der Waals surface area contributed by atoms with Gasteiger partial charge in [0.05, 0.1) is 12.7 Å². The van der Waals surface area contributed by atoms with Gasteiger partial charge < -0.3 is 24.8 Å². The van der Waals surface area contributed by atoms with Crippen LogP contribution in [0.2, 0.25) is 0 Å². The lowest BCUT2D eigenvalue weighted by atomic mass is 10.0. The standard InChI is InChI=1S/C32H31FN4O4/c1-22(38)37-13-12-35-19-25-10-11-27(15-31(25)41-20-24-14-23(16-34)17-36-18-24)40-21-26-6-5-8-29(32(26)39-2)28-7-3-4-9-30(28)33/h3-11,14-15,17-18,35H,12-13,19-21H2,1-2H3,(H,37,38). The number of amides is 1. The van der Waals surface area contributed by atoms with Gasteiger partial charge >= 0.3 is 0 Å². The number of rotatable bonds is 13. The van der Waals surface area contributed by atoms with Gasteiger partial charge in [0.1, 0.15) is 42.3 Å². The van der Waals surface area contributed by atoms with Crippen molar-refractivity contribution in [3.63, 3.8) is 0 Å². The number of benzene rings is 3. The molecule has 2 N–H and O–H groups in total. The van der Waals surface area contributed by atoms with Crippen molar-refractivity contribution in [1.29, 1.82) is 5.26 Å². The monoisotopic (exact) mass is 554 g/mol. The van der Waals surface area contributed by atoms with Gasteiger partial charge in [0, 0.05) is 72.8 Å². The molecule has 210 valence electrons. The highest BCUT2D eigenvalue weighted by molar-refractivity contribution is 5.73. The molecule has 0 aliphatic rings. The van der Waals surface area contributed by atoms with Crippen molar-refractivity contribution in [2.75, 3.05) is 20.2 Å². The minimum absolute atomic E-state index is 0.0818. The number of nitrogens with zero attached hydrogens (tertiary/aromatic N) is 2. The van der Waals surface area contributed by atoms with Gasteiger partial charge in [-0.15, -0.1) is 0 Å². The Bertz CT molecular complexity index is 1540. The zero-order valence-electron chi connectivity index (χ0n) is 22.9. The Balaban J connectivity index is 1.52. The first-order chi connectivity index (χ1) is 20.0. The van der Waals surface area contributed by atoms with Crippen LogP contribution in [0.15, 0.2) is 79.1 Å². The molecule has 0 saturated carbocycles. The van der Waals surface area contributed by atoms with Crippen LogP contribution in [0.5, 0.6) is 17.2 Å². The smallest absolute Gasteiger partial charge is 0.216 e. The molecule has 4 aromatic rings. The van der Waals surface area contributed by atoms with Crippen LogP contribution in [0.25, 0.3) is 11.1 Å². The van der Waals surface area contributed by atoms with Gasteiger partial charge in [-0.05, 0) is 18.2 Å². The quantitative estimate of drug-likeness (QED) is 0.220. The summed E-state index contributed by atoms with van der Waals surface area (Å²) in [6.07, 6.45) is 3.15. The summed E-state index contributed by atoms with van der Waals surface area (Å²) in [7, 11) is 1.55. The summed E-state index contributed by atoms with van der Waals surface area (Å²) in [6, 6.07) is 21.5. The number of pyridine rings is 1. The topological polar surface area (TPSA) is 106 Å². The molecule has 0 aliphatic carbocycles. The highest BCUT2D eigenvalue weighted by Gasteiger charge is 2.15. The molecule has 0 unspecified atom stereocenters. The van der Waals surface area contributed by atoms with Gasteiger partial charge in [0.15, 0.2) is 0 Å². The lowest BCUT2D eigenvalue weighted by Gasteiger charge is -2.17. The average Bonchev–Trinajstić information content (AvgIpc) is 2.99. The largest absolute Gasteiger partial charge is 0.496 e. The Hall–Kier alpha value is -4.94. The van der Waals surface area contributed by atoms with E-state index >= 15 is 0 Å². The normalized spacial score (nSPS) is 10.5. The van der Waals surface area contributed by atoms with E-state index < -0.39 is 0 Å². The van der Waals surface area contributed by atoms with Crippen LogP contribution in [0.1, 0.15) is 29.2 Å². The summed E-state index contributed by atoms with van der Waals surface area (Å²) in [5.41, 5.74) is 3.96. The van der Waals surface area contributed by atoms with Crippen LogP contribution >= 0.6 is 0 Å². The number of nitrogens with one attached hydrogen (secondary N) is 2. The van der Waals surface area contributed by atoms with E-state index in [9.17, 15) is 14.4 Å². The highest BCUT2D eigenvalue weighted by atomic mass is 19.1. The fourth-order valence-electron chi connectivity index (χ4n) is 4.24. The average molecular weight is 555 g/mol.